The minimum Gasteiger partial charge on any atom is -0.455 e. The lowest BCUT2D eigenvalue weighted by Gasteiger charge is -2.07. The molecule has 0 unspecified atom stereocenters. The lowest BCUT2D eigenvalue weighted by molar-refractivity contribution is 0.0925. The Hall–Kier alpha value is -2.28. The van der Waals surface area contributed by atoms with Gasteiger partial charge >= 0.3 is 0 Å². The van der Waals surface area contributed by atoms with Crippen molar-refractivity contribution in [2.45, 2.75) is 24.0 Å². The highest BCUT2D eigenvalue weighted by molar-refractivity contribution is 7.90. The van der Waals surface area contributed by atoms with Crippen molar-refractivity contribution in [1.29, 1.82) is 0 Å². The number of hydrogen-bond donors (Lipinski definition) is 1. The number of carbonyl (C=O) groups excluding carboxylic acids is 1. The minimum absolute atomic E-state index is 0.0399. The summed E-state index contributed by atoms with van der Waals surface area (Å²) >= 11 is 12.0. The van der Waals surface area contributed by atoms with Crippen LogP contribution >= 0.6 is 23.2 Å². The lowest BCUT2D eigenvalue weighted by atomic mass is 10.1. The van der Waals surface area contributed by atoms with E-state index in [0.29, 0.717) is 13.0 Å². The van der Waals surface area contributed by atoms with Gasteiger partial charge in [-0.25, -0.2) is 8.42 Å². The topological polar surface area (TPSA) is 76.4 Å². The quantitative estimate of drug-likeness (QED) is 0.557. The maximum Gasteiger partial charge on any atom is 0.287 e. The van der Waals surface area contributed by atoms with Crippen LogP contribution in [0.3, 0.4) is 0 Å². The molecule has 29 heavy (non-hydrogen) atoms. The Bertz CT molecular complexity index is 1100. The number of carbonyl (C=O) groups is 1. The van der Waals surface area contributed by atoms with E-state index in [4.69, 9.17) is 27.6 Å². The molecule has 0 fully saturated rings. The van der Waals surface area contributed by atoms with Crippen molar-refractivity contribution in [2.75, 3.05) is 6.54 Å². The Morgan fingerprint density at radius 2 is 1.66 bits per heavy atom. The molecule has 0 aliphatic heterocycles. The molecule has 0 spiro atoms. The van der Waals surface area contributed by atoms with Crippen LogP contribution in [0.1, 0.15) is 27.4 Å². The summed E-state index contributed by atoms with van der Waals surface area (Å²) in [5, 5.41) is 2.84. The molecule has 8 heteroatoms. The third-order valence-electron chi connectivity index (χ3n) is 4.27. The third-order valence-corrected chi connectivity index (χ3v) is 6.85. The molecule has 0 atom stereocenters. The van der Waals surface area contributed by atoms with Gasteiger partial charge in [0.15, 0.2) is 15.6 Å². The molecular formula is C21H19Cl2NO4S. The largest absolute Gasteiger partial charge is 0.455 e. The van der Waals surface area contributed by atoms with E-state index in [2.05, 4.69) is 5.32 Å². The van der Waals surface area contributed by atoms with Gasteiger partial charge in [0, 0.05) is 6.54 Å². The molecule has 0 bridgehead atoms. The molecule has 1 aromatic heterocycles. The van der Waals surface area contributed by atoms with Crippen molar-refractivity contribution in [3.05, 3.63) is 87.3 Å². The number of nitrogens with one attached hydrogen (secondary N) is 1. The van der Waals surface area contributed by atoms with E-state index in [-0.39, 0.29) is 26.5 Å². The number of amides is 1. The van der Waals surface area contributed by atoms with Gasteiger partial charge in [-0.1, -0.05) is 59.1 Å². The molecule has 1 N–H and O–H groups in total. The number of halogens is 2. The summed E-state index contributed by atoms with van der Waals surface area (Å²) in [5.74, 6) is -0.682. The highest BCUT2D eigenvalue weighted by Gasteiger charge is 2.24. The van der Waals surface area contributed by atoms with Crippen molar-refractivity contribution >= 4 is 38.9 Å². The summed E-state index contributed by atoms with van der Waals surface area (Å²) in [7, 11) is -3.83. The van der Waals surface area contributed by atoms with Gasteiger partial charge in [0.1, 0.15) is 16.4 Å². The van der Waals surface area contributed by atoms with E-state index in [1.54, 1.807) is 6.07 Å². The Labute approximate surface area is 179 Å². The summed E-state index contributed by atoms with van der Waals surface area (Å²) < 4.78 is 30.7. The first kappa shape index (κ1) is 21.4. The number of hydrogen-bond acceptors (Lipinski definition) is 4. The number of rotatable bonds is 7. The standard InChI is InChI=1S/C21H19Cl2NO4S/c1-14-5-7-15(8-6-14)11-12-24-21(25)19-10-9-16(28-19)13-29(26,27)20-17(22)3-2-4-18(20)23/h2-10H,11-13H2,1H3,(H,24,25). The van der Waals surface area contributed by atoms with Gasteiger partial charge in [-0.3, -0.25) is 4.79 Å². The SMILES string of the molecule is Cc1ccc(CCNC(=O)c2ccc(CS(=O)(=O)c3c(Cl)cccc3Cl)o2)cc1. The van der Waals surface area contributed by atoms with Crippen LogP contribution < -0.4 is 5.32 Å². The molecule has 0 saturated carbocycles. The molecule has 2 aromatic carbocycles. The molecule has 0 radical (unpaired) electrons. The summed E-state index contributed by atoms with van der Waals surface area (Å²) in [4.78, 5) is 12.1. The Balaban J connectivity index is 1.62. The van der Waals surface area contributed by atoms with Crippen molar-refractivity contribution in [3.8, 4) is 0 Å². The molecule has 1 heterocycles. The maximum atomic E-state index is 12.6. The van der Waals surface area contributed by atoms with E-state index in [1.165, 1.54) is 29.8 Å². The van der Waals surface area contributed by atoms with Crippen LogP contribution in [0.25, 0.3) is 0 Å². The van der Waals surface area contributed by atoms with Crippen molar-refractivity contribution in [3.63, 3.8) is 0 Å². The summed E-state index contributed by atoms with van der Waals surface area (Å²) in [6.45, 7) is 2.45. The first-order valence-corrected chi connectivity index (χ1v) is 11.3. The second-order valence-electron chi connectivity index (χ2n) is 6.57. The van der Waals surface area contributed by atoms with E-state index < -0.39 is 21.5 Å². The highest BCUT2D eigenvalue weighted by atomic mass is 35.5. The Morgan fingerprint density at radius 3 is 2.31 bits per heavy atom. The summed E-state index contributed by atoms with van der Waals surface area (Å²) in [6.07, 6.45) is 0.680. The first-order valence-electron chi connectivity index (χ1n) is 8.85. The van der Waals surface area contributed by atoms with Gasteiger partial charge in [-0.15, -0.1) is 0 Å². The van der Waals surface area contributed by atoms with E-state index in [1.807, 2.05) is 31.2 Å². The molecule has 0 aliphatic rings. The number of furan rings is 1. The van der Waals surface area contributed by atoms with Gasteiger partial charge < -0.3 is 9.73 Å². The number of sulfone groups is 1. The Kier molecular flexibility index (Phi) is 6.67. The molecule has 3 aromatic rings. The Morgan fingerprint density at radius 1 is 1.00 bits per heavy atom. The fourth-order valence-corrected chi connectivity index (χ4v) is 5.29. The monoisotopic (exact) mass is 451 g/mol. The van der Waals surface area contributed by atoms with Gasteiger partial charge in [-0.2, -0.15) is 0 Å². The van der Waals surface area contributed by atoms with Gasteiger partial charge in [0.25, 0.3) is 5.91 Å². The van der Waals surface area contributed by atoms with Crippen LogP contribution in [0.4, 0.5) is 0 Å². The fraction of sp³-hybridized carbons (Fsp3) is 0.190. The van der Waals surface area contributed by atoms with E-state index in [9.17, 15) is 13.2 Å². The van der Waals surface area contributed by atoms with Crippen LogP contribution in [0.15, 0.2) is 63.9 Å². The van der Waals surface area contributed by atoms with Crippen LogP contribution in [-0.4, -0.2) is 20.9 Å². The van der Waals surface area contributed by atoms with E-state index in [0.717, 1.165) is 5.56 Å². The molecular weight excluding hydrogens is 433 g/mol. The second kappa shape index (κ2) is 9.03. The molecule has 0 saturated heterocycles. The lowest BCUT2D eigenvalue weighted by Crippen LogP contribution is -2.25. The second-order valence-corrected chi connectivity index (χ2v) is 9.31. The smallest absolute Gasteiger partial charge is 0.287 e. The van der Waals surface area contributed by atoms with Gasteiger partial charge in [0.2, 0.25) is 0 Å². The highest BCUT2D eigenvalue weighted by Crippen LogP contribution is 2.31. The van der Waals surface area contributed by atoms with Crippen LogP contribution in [0.2, 0.25) is 10.0 Å². The molecule has 152 valence electrons. The van der Waals surface area contributed by atoms with Crippen molar-refractivity contribution in [2.24, 2.45) is 0 Å². The van der Waals surface area contributed by atoms with Crippen LogP contribution in [0, 0.1) is 6.92 Å². The van der Waals surface area contributed by atoms with Crippen LogP contribution in [0.5, 0.6) is 0 Å². The third kappa shape index (κ3) is 5.41. The normalized spacial score (nSPS) is 11.4. The minimum atomic E-state index is -3.83. The molecule has 0 aliphatic carbocycles. The summed E-state index contributed by atoms with van der Waals surface area (Å²) in [5.41, 5.74) is 2.28. The van der Waals surface area contributed by atoms with Crippen molar-refractivity contribution in [1.82, 2.24) is 5.32 Å². The van der Waals surface area contributed by atoms with Crippen molar-refractivity contribution < 1.29 is 17.6 Å². The van der Waals surface area contributed by atoms with Crippen LogP contribution in [-0.2, 0) is 22.0 Å². The van der Waals surface area contributed by atoms with Gasteiger partial charge in [-0.05, 0) is 43.2 Å². The molecule has 1 amide bonds. The van der Waals surface area contributed by atoms with Gasteiger partial charge in [0.05, 0.1) is 10.0 Å². The molecule has 5 nitrogen and oxygen atoms in total. The zero-order chi connectivity index (χ0) is 21.0. The average Bonchev–Trinajstić information content (AvgIpc) is 3.10. The maximum absolute atomic E-state index is 12.6. The average molecular weight is 452 g/mol. The number of benzene rings is 2. The predicted octanol–water partition coefficient (Wildman–Crippen LogP) is 4.84. The molecule has 3 rings (SSSR count). The predicted molar refractivity (Wildman–Crippen MR) is 113 cm³/mol. The first-order chi connectivity index (χ1) is 13.8. The fourth-order valence-electron chi connectivity index (χ4n) is 2.78. The zero-order valence-corrected chi connectivity index (χ0v) is 17.9. The summed E-state index contributed by atoms with van der Waals surface area (Å²) in [6, 6.07) is 15.4. The number of aryl methyl sites for hydroxylation is 1. The zero-order valence-electron chi connectivity index (χ0n) is 15.6. The van der Waals surface area contributed by atoms with E-state index >= 15 is 0 Å².